The number of aryl methyl sites for hydroxylation is 1. The number of nitrogens with one attached hydrogen (secondary N) is 1. The van der Waals surface area contributed by atoms with Gasteiger partial charge in [-0.1, -0.05) is 0 Å². The van der Waals surface area contributed by atoms with Gasteiger partial charge in [-0.05, 0) is 26.7 Å². The minimum atomic E-state index is 0.280. The Labute approximate surface area is 89.2 Å². The van der Waals surface area contributed by atoms with Gasteiger partial charge in [0.1, 0.15) is 5.01 Å². The van der Waals surface area contributed by atoms with E-state index in [-0.39, 0.29) is 6.61 Å². The summed E-state index contributed by atoms with van der Waals surface area (Å²) in [5.41, 5.74) is 1.09. The highest BCUT2D eigenvalue weighted by Gasteiger charge is 2.02. The highest BCUT2D eigenvalue weighted by Crippen LogP contribution is 2.08. The summed E-state index contributed by atoms with van der Waals surface area (Å²) in [4.78, 5) is 4.37. The van der Waals surface area contributed by atoms with Crippen LogP contribution < -0.4 is 5.32 Å². The maximum Gasteiger partial charge on any atom is 0.107 e. The van der Waals surface area contributed by atoms with Crippen LogP contribution in [0.2, 0.25) is 0 Å². The number of rotatable bonds is 6. The smallest absolute Gasteiger partial charge is 0.107 e. The first kappa shape index (κ1) is 11.6. The number of nitrogens with zero attached hydrogens (tertiary/aromatic N) is 1. The van der Waals surface area contributed by atoms with Gasteiger partial charge in [0, 0.05) is 30.3 Å². The number of hydrogen-bond donors (Lipinski definition) is 2. The van der Waals surface area contributed by atoms with E-state index < -0.39 is 0 Å². The van der Waals surface area contributed by atoms with E-state index in [1.54, 1.807) is 11.3 Å². The van der Waals surface area contributed by atoms with Gasteiger partial charge in [-0.15, -0.1) is 11.3 Å². The lowest BCUT2D eigenvalue weighted by atomic mass is 10.2. The lowest BCUT2D eigenvalue weighted by Gasteiger charge is -2.11. The molecule has 0 bridgehead atoms. The molecular weight excluding hydrogens is 196 g/mol. The largest absolute Gasteiger partial charge is 0.396 e. The Morgan fingerprint density at radius 2 is 2.43 bits per heavy atom. The zero-order valence-corrected chi connectivity index (χ0v) is 9.60. The van der Waals surface area contributed by atoms with E-state index in [0.717, 1.165) is 30.1 Å². The van der Waals surface area contributed by atoms with Gasteiger partial charge in [0.2, 0.25) is 0 Å². The molecule has 1 aromatic rings. The minimum Gasteiger partial charge on any atom is -0.396 e. The summed E-state index contributed by atoms with van der Waals surface area (Å²) in [6, 6.07) is 0.450. The molecule has 1 atom stereocenters. The van der Waals surface area contributed by atoms with Crippen molar-refractivity contribution >= 4 is 11.3 Å². The zero-order valence-electron chi connectivity index (χ0n) is 8.79. The SMILES string of the molecule is Cc1csc(CNC(C)CCCO)n1. The quantitative estimate of drug-likeness (QED) is 0.757. The van der Waals surface area contributed by atoms with Gasteiger partial charge in [-0.3, -0.25) is 0 Å². The topological polar surface area (TPSA) is 45.1 Å². The van der Waals surface area contributed by atoms with E-state index in [0.29, 0.717) is 6.04 Å². The maximum atomic E-state index is 8.67. The van der Waals surface area contributed by atoms with Crippen LogP contribution in [0.5, 0.6) is 0 Å². The molecule has 1 aromatic heterocycles. The first-order valence-corrected chi connectivity index (χ1v) is 5.85. The number of hydrogen-bond acceptors (Lipinski definition) is 4. The molecule has 3 nitrogen and oxygen atoms in total. The molecule has 0 spiro atoms. The highest BCUT2D eigenvalue weighted by molar-refractivity contribution is 7.09. The Balaban J connectivity index is 2.20. The van der Waals surface area contributed by atoms with Gasteiger partial charge in [0.05, 0.1) is 0 Å². The van der Waals surface area contributed by atoms with Crippen molar-refractivity contribution in [1.82, 2.24) is 10.3 Å². The van der Waals surface area contributed by atoms with E-state index in [1.165, 1.54) is 0 Å². The highest BCUT2D eigenvalue weighted by atomic mass is 32.1. The molecule has 1 rings (SSSR count). The predicted molar refractivity (Wildman–Crippen MR) is 59.5 cm³/mol. The minimum absolute atomic E-state index is 0.280. The normalized spacial score (nSPS) is 13.1. The fraction of sp³-hybridized carbons (Fsp3) is 0.700. The molecule has 0 radical (unpaired) electrons. The van der Waals surface area contributed by atoms with Crippen molar-refractivity contribution in [2.24, 2.45) is 0 Å². The van der Waals surface area contributed by atoms with E-state index in [2.05, 4.69) is 22.6 Å². The molecule has 0 amide bonds. The fourth-order valence-corrected chi connectivity index (χ4v) is 1.97. The summed E-state index contributed by atoms with van der Waals surface area (Å²) >= 11 is 1.69. The van der Waals surface area contributed by atoms with Crippen LogP contribution in [0.3, 0.4) is 0 Å². The maximum absolute atomic E-state index is 8.67. The van der Waals surface area contributed by atoms with Crippen LogP contribution in [-0.4, -0.2) is 22.7 Å². The molecule has 1 unspecified atom stereocenters. The van der Waals surface area contributed by atoms with Gasteiger partial charge in [-0.2, -0.15) is 0 Å². The van der Waals surface area contributed by atoms with Crippen LogP contribution >= 0.6 is 11.3 Å². The lowest BCUT2D eigenvalue weighted by molar-refractivity contribution is 0.276. The Bertz CT molecular complexity index is 262. The molecule has 0 aromatic carbocycles. The van der Waals surface area contributed by atoms with E-state index in [9.17, 15) is 0 Å². The molecular formula is C10H18N2OS. The Kier molecular flexibility index (Phi) is 5.07. The van der Waals surface area contributed by atoms with Gasteiger partial charge < -0.3 is 10.4 Å². The van der Waals surface area contributed by atoms with Crippen molar-refractivity contribution in [2.75, 3.05) is 6.61 Å². The van der Waals surface area contributed by atoms with Gasteiger partial charge in [-0.25, -0.2) is 4.98 Å². The molecule has 0 saturated carbocycles. The number of aromatic nitrogens is 1. The molecule has 4 heteroatoms. The Morgan fingerprint density at radius 3 is 3.00 bits per heavy atom. The van der Waals surface area contributed by atoms with Crippen LogP contribution in [0.25, 0.3) is 0 Å². The van der Waals surface area contributed by atoms with Crippen LogP contribution in [0.4, 0.5) is 0 Å². The van der Waals surface area contributed by atoms with Crippen molar-refractivity contribution in [3.63, 3.8) is 0 Å². The lowest BCUT2D eigenvalue weighted by Crippen LogP contribution is -2.25. The molecule has 0 fully saturated rings. The van der Waals surface area contributed by atoms with Gasteiger partial charge >= 0.3 is 0 Å². The fourth-order valence-electron chi connectivity index (χ4n) is 1.24. The first-order chi connectivity index (χ1) is 6.72. The molecule has 0 aliphatic carbocycles. The van der Waals surface area contributed by atoms with Crippen LogP contribution in [-0.2, 0) is 6.54 Å². The second-order valence-electron chi connectivity index (χ2n) is 3.53. The van der Waals surface area contributed by atoms with Crippen LogP contribution in [0.15, 0.2) is 5.38 Å². The number of aliphatic hydroxyl groups excluding tert-OH is 1. The zero-order chi connectivity index (χ0) is 10.4. The summed E-state index contributed by atoms with van der Waals surface area (Å²) in [6.07, 6.45) is 1.88. The Morgan fingerprint density at radius 1 is 1.64 bits per heavy atom. The van der Waals surface area contributed by atoms with E-state index in [1.807, 2.05) is 6.92 Å². The third-order valence-corrected chi connectivity index (χ3v) is 3.03. The molecule has 2 N–H and O–H groups in total. The average molecular weight is 214 g/mol. The molecule has 80 valence electrons. The van der Waals surface area contributed by atoms with E-state index >= 15 is 0 Å². The first-order valence-electron chi connectivity index (χ1n) is 4.97. The third kappa shape index (κ3) is 4.17. The van der Waals surface area contributed by atoms with Crippen molar-refractivity contribution < 1.29 is 5.11 Å². The summed E-state index contributed by atoms with van der Waals surface area (Å²) in [6.45, 7) is 5.26. The van der Waals surface area contributed by atoms with Crippen molar-refractivity contribution in [3.05, 3.63) is 16.1 Å². The molecule has 0 saturated heterocycles. The third-order valence-electron chi connectivity index (χ3n) is 2.06. The molecule has 0 aliphatic rings. The van der Waals surface area contributed by atoms with Gasteiger partial charge in [0.15, 0.2) is 0 Å². The predicted octanol–water partition coefficient (Wildman–Crippen LogP) is 1.70. The summed E-state index contributed by atoms with van der Waals surface area (Å²) in [5, 5.41) is 15.3. The molecule has 0 aliphatic heterocycles. The monoisotopic (exact) mass is 214 g/mol. The van der Waals surface area contributed by atoms with Crippen molar-refractivity contribution in [1.29, 1.82) is 0 Å². The van der Waals surface area contributed by atoms with Crippen molar-refractivity contribution in [3.8, 4) is 0 Å². The van der Waals surface area contributed by atoms with Crippen molar-refractivity contribution in [2.45, 2.75) is 39.3 Å². The number of thiazole rings is 1. The van der Waals surface area contributed by atoms with Crippen LogP contribution in [0.1, 0.15) is 30.5 Å². The van der Waals surface area contributed by atoms with Crippen LogP contribution in [0, 0.1) is 6.92 Å². The number of aliphatic hydroxyl groups is 1. The summed E-state index contributed by atoms with van der Waals surface area (Å²) in [5.74, 6) is 0. The second-order valence-corrected chi connectivity index (χ2v) is 4.47. The molecule has 14 heavy (non-hydrogen) atoms. The van der Waals surface area contributed by atoms with E-state index in [4.69, 9.17) is 5.11 Å². The summed E-state index contributed by atoms with van der Waals surface area (Å²) in [7, 11) is 0. The average Bonchev–Trinajstić information content (AvgIpc) is 2.58. The molecule has 1 heterocycles. The Hall–Kier alpha value is -0.450. The standard InChI is InChI=1S/C10H18N2OS/c1-8(4-3-5-13)11-6-10-12-9(2)7-14-10/h7-8,11,13H,3-6H2,1-2H3. The van der Waals surface area contributed by atoms with Gasteiger partial charge in [0.25, 0.3) is 0 Å². The second kappa shape index (κ2) is 6.11. The summed E-state index contributed by atoms with van der Waals surface area (Å²) < 4.78 is 0.